The van der Waals surface area contributed by atoms with Crippen molar-refractivity contribution in [2.45, 2.75) is 38.8 Å². The molecular formula is C14H31N3O. The van der Waals surface area contributed by atoms with E-state index in [0.717, 1.165) is 19.7 Å². The number of rotatable bonds is 7. The van der Waals surface area contributed by atoms with Gasteiger partial charge in [0.25, 0.3) is 0 Å². The van der Waals surface area contributed by atoms with E-state index in [2.05, 4.69) is 36.0 Å². The molecule has 0 radical (unpaired) electrons. The lowest BCUT2D eigenvalue weighted by Crippen LogP contribution is -2.49. The first kappa shape index (κ1) is 15.9. The Labute approximate surface area is 113 Å². The summed E-state index contributed by atoms with van der Waals surface area (Å²) in [5.74, 6) is 0. The number of likely N-dealkylation sites (N-methyl/N-ethyl adjacent to an activating group) is 2. The molecule has 0 saturated carbocycles. The molecule has 1 aliphatic rings. The second kappa shape index (κ2) is 8.86. The zero-order valence-corrected chi connectivity index (χ0v) is 12.6. The maximum Gasteiger partial charge on any atom is 0.0628 e. The summed E-state index contributed by atoms with van der Waals surface area (Å²) in [6, 6.07) is 1.15. The van der Waals surface area contributed by atoms with Crippen LogP contribution in [0.3, 0.4) is 0 Å². The molecule has 1 fully saturated rings. The molecule has 18 heavy (non-hydrogen) atoms. The highest BCUT2D eigenvalue weighted by Gasteiger charge is 2.24. The summed E-state index contributed by atoms with van der Waals surface area (Å²) < 4.78 is 5.32. The van der Waals surface area contributed by atoms with Gasteiger partial charge in [-0.05, 0) is 39.5 Å². The van der Waals surface area contributed by atoms with Gasteiger partial charge in [0.05, 0.1) is 6.61 Å². The second-order valence-corrected chi connectivity index (χ2v) is 5.38. The molecule has 0 aromatic carbocycles. The second-order valence-electron chi connectivity index (χ2n) is 5.38. The van der Waals surface area contributed by atoms with Gasteiger partial charge < -0.3 is 15.0 Å². The lowest BCUT2D eigenvalue weighted by molar-refractivity contribution is 0.116. The Balaban J connectivity index is 2.54. The van der Waals surface area contributed by atoms with Gasteiger partial charge in [-0.25, -0.2) is 0 Å². The smallest absolute Gasteiger partial charge is 0.0628 e. The van der Waals surface area contributed by atoms with Crippen LogP contribution in [0.4, 0.5) is 0 Å². The van der Waals surface area contributed by atoms with Crippen molar-refractivity contribution in [2.75, 3.05) is 53.5 Å². The van der Waals surface area contributed by atoms with Crippen molar-refractivity contribution in [2.24, 2.45) is 0 Å². The molecule has 1 N–H and O–H groups in total. The molecule has 2 atom stereocenters. The molecule has 0 amide bonds. The van der Waals surface area contributed by atoms with Crippen LogP contribution in [0.1, 0.15) is 26.7 Å². The van der Waals surface area contributed by atoms with Gasteiger partial charge in [-0.15, -0.1) is 0 Å². The standard InChI is InChI=1S/C14H31N3O/c1-5-14-11-16(3)8-7-9-17(14)10-13(12-18-4)15-6-2/h13-15H,5-12H2,1-4H3. The van der Waals surface area contributed by atoms with E-state index in [9.17, 15) is 0 Å². The van der Waals surface area contributed by atoms with E-state index in [4.69, 9.17) is 4.74 Å². The Hall–Kier alpha value is -0.160. The SMILES string of the molecule is CCNC(COC)CN1CCCN(C)CC1CC. The van der Waals surface area contributed by atoms with Crippen LogP contribution in [0, 0.1) is 0 Å². The Morgan fingerprint density at radius 3 is 2.72 bits per heavy atom. The molecule has 2 unspecified atom stereocenters. The third-order valence-corrected chi connectivity index (χ3v) is 3.81. The number of nitrogens with one attached hydrogen (secondary N) is 1. The molecule has 108 valence electrons. The van der Waals surface area contributed by atoms with Crippen LogP contribution in [0.5, 0.6) is 0 Å². The lowest BCUT2D eigenvalue weighted by atomic mass is 10.1. The number of methoxy groups -OCH3 is 1. The van der Waals surface area contributed by atoms with Gasteiger partial charge in [0.2, 0.25) is 0 Å². The summed E-state index contributed by atoms with van der Waals surface area (Å²) >= 11 is 0. The Morgan fingerprint density at radius 2 is 2.11 bits per heavy atom. The molecule has 1 saturated heterocycles. The summed E-state index contributed by atoms with van der Waals surface area (Å²) in [6.45, 7) is 11.0. The summed E-state index contributed by atoms with van der Waals surface area (Å²) in [7, 11) is 4.03. The fraction of sp³-hybridized carbons (Fsp3) is 1.00. The van der Waals surface area contributed by atoms with Crippen LogP contribution in [0.15, 0.2) is 0 Å². The quantitative estimate of drug-likeness (QED) is 0.737. The fourth-order valence-electron chi connectivity index (χ4n) is 2.87. The van der Waals surface area contributed by atoms with Crippen molar-refractivity contribution < 1.29 is 4.74 Å². The molecule has 1 aliphatic heterocycles. The molecule has 0 aliphatic carbocycles. The van der Waals surface area contributed by atoms with E-state index in [1.165, 1.54) is 32.5 Å². The van der Waals surface area contributed by atoms with E-state index in [-0.39, 0.29) is 0 Å². The molecular weight excluding hydrogens is 226 g/mol. The van der Waals surface area contributed by atoms with Crippen LogP contribution >= 0.6 is 0 Å². The summed E-state index contributed by atoms with van der Waals surface area (Å²) in [6.07, 6.45) is 2.51. The summed E-state index contributed by atoms with van der Waals surface area (Å²) in [5.41, 5.74) is 0. The fourth-order valence-corrected chi connectivity index (χ4v) is 2.87. The van der Waals surface area contributed by atoms with Crippen LogP contribution in [-0.2, 0) is 4.74 Å². The van der Waals surface area contributed by atoms with Crippen molar-refractivity contribution in [3.05, 3.63) is 0 Å². The maximum atomic E-state index is 5.32. The van der Waals surface area contributed by atoms with Crippen molar-refractivity contribution in [1.29, 1.82) is 0 Å². The van der Waals surface area contributed by atoms with Crippen molar-refractivity contribution in [3.63, 3.8) is 0 Å². The largest absolute Gasteiger partial charge is 0.383 e. The van der Waals surface area contributed by atoms with Crippen LogP contribution in [-0.4, -0.2) is 75.4 Å². The Kier molecular flexibility index (Phi) is 7.82. The van der Waals surface area contributed by atoms with Gasteiger partial charge in [-0.3, -0.25) is 4.90 Å². The first-order valence-electron chi connectivity index (χ1n) is 7.36. The molecule has 4 heteroatoms. The van der Waals surface area contributed by atoms with E-state index >= 15 is 0 Å². The van der Waals surface area contributed by atoms with Gasteiger partial charge in [-0.2, -0.15) is 0 Å². The Morgan fingerprint density at radius 1 is 1.33 bits per heavy atom. The van der Waals surface area contributed by atoms with Gasteiger partial charge in [0, 0.05) is 32.3 Å². The van der Waals surface area contributed by atoms with Gasteiger partial charge in [-0.1, -0.05) is 13.8 Å². The minimum absolute atomic E-state index is 0.456. The van der Waals surface area contributed by atoms with Crippen LogP contribution in [0.25, 0.3) is 0 Å². The predicted molar refractivity (Wildman–Crippen MR) is 77.1 cm³/mol. The molecule has 1 rings (SSSR count). The van der Waals surface area contributed by atoms with Crippen LogP contribution in [0.2, 0.25) is 0 Å². The van der Waals surface area contributed by atoms with Crippen molar-refractivity contribution in [1.82, 2.24) is 15.1 Å². The van der Waals surface area contributed by atoms with E-state index in [1.54, 1.807) is 7.11 Å². The molecule has 1 heterocycles. The van der Waals surface area contributed by atoms with E-state index < -0.39 is 0 Å². The number of hydrogen-bond donors (Lipinski definition) is 1. The Bertz CT molecular complexity index is 207. The first-order valence-corrected chi connectivity index (χ1v) is 7.36. The number of nitrogens with zero attached hydrogens (tertiary/aromatic N) is 2. The van der Waals surface area contributed by atoms with Gasteiger partial charge >= 0.3 is 0 Å². The number of hydrogen-bond acceptors (Lipinski definition) is 4. The zero-order chi connectivity index (χ0) is 13.4. The summed E-state index contributed by atoms with van der Waals surface area (Å²) in [4.78, 5) is 5.11. The van der Waals surface area contributed by atoms with Crippen molar-refractivity contribution >= 4 is 0 Å². The average molecular weight is 257 g/mol. The lowest BCUT2D eigenvalue weighted by Gasteiger charge is -2.33. The van der Waals surface area contributed by atoms with Crippen molar-refractivity contribution in [3.8, 4) is 0 Å². The third-order valence-electron chi connectivity index (χ3n) is 3.81. The van der Waals surface area contributed by atoms with Crippen LogP contribution < -0.4 is 5.32 Å². The number of ether oxygens (including phenoxy) is 1. The predicted octanol–water partition coefficient (Wildman–Crippen LogP) is 1.03. The molecule has 0 aromatic heterocycles. The summed E-state index contributed by atoms with van der Waals surface area (Å²) in [5, 5.41) is 3.53. The highest BCUT2D eigenvalue weighted by Crippen LogP contribution is 2.12. The minimum atomic E-state index is 0.456. The van der Waals surface area contributed by atoms with E-state index in [1.807, 2.05) is 0 Å². The third kappa shape index (κ3) is 5.22. The molecule has 0 spiro atoms. The first-order chi connectivity index (χ1) is 8.71. The maximum absolute atomic E-state index is 5.32. The van der Waals surface area contributed by atoms with Gasteiger partial charge in [0.15, 0.2) is 0 Å². The average Bonchev–Trinajstić information content (AvgIpc) is 2.52. The normalized spacial score (nSPS) is 25.0. The van der Waals surface area contributed by atoms with E-state index in [0.29, 0.717) is 12.1 Å². The highest BCUT2D eigenvalue weighted by atomic mass is 16.5. The zero-order valence-electron chi connectivity index (χ0n) is 12.6. The molecule has 4 nitrogen and oxygen atoms in total. The van der Waals surface area contributed by atoms with Gasteiger partial charge in [0.1, 0.15) is 0 Å². The highest BCUT2D eigenvalue weighted by molar-refractivity contribution is 4.81. The molecule has 0 aromatic rings. The molecule has 0 bridgehead atoms. The minimum Gasteiger partial charge on any atom is -0.383 e. The topological polar surface area (TPSA) is 27.7 Å². The monoisotopic (exact) mass is 257 g/mol.